The Balaban J connectivity index is 1.26. The average molecular weight is 625 g/mol. The molecule has 0 aliphatic heterocycles. The quantitative estimate of drug-likeness (QED) is 0.184. The van der Waals surface area contributed by atoms with Crippen molar-refractivity contribution >= 4 is 71.2 Å². The SMILES string of the molecule is [C-]#[N+]c1ccc(-c2cc(C#N)cc(-n3c4ccccc4c4ccc5oc6ccccc6c5c43)c2)cc1-n1c2ccccc2c2ccccc21. The minimum absolute atomic E-state index is 0.551. The van der Waals surface area contributed by atoms with E-state index in [0.717, 1.165) is 88.1 Å². The molecule has 0 fully saturated rings. The van der Waals surface area contributed by atoms with Gasteiger partial charge in [0.1, 0.15) is 11.2 Å². The zero-order valence-electron chi connectivity index (χ0n) is 26.1. The van der Waals surface area contributed by atoms with Crippen molar-refractivity contribution in [1.29, 1.82) is 5.26 Å². The van der Waals surface area contributed by atoms with Crippen molar-refractivity contribution < 1.29 is 4.42 Å². The molecule has 49 heavy (non-hydrogen) atoms. The van der Waals surface area contributed by atoms with Crippen LogP contribution in [0.2, 0.25) is 0 Å². The molecule has 0 spiro atoms. The Labute approximate surface area is 280 Å². The van der Waals surface area contributed by atoms with Crippen LogP contribution in [-0.2, 0) is 0 Å². The number of furan rings is 1. The molecule has 3 aromatic heterocycles. The van der Waals surface area contributed by atoms with E-state index >= 15 is 0 Å². The second kappa shape index (κ2) is 10.2. The highest BCUT2D eigenvalue weighted by molar-refractivity contribution is 6.24. The van der Waals surface area contributed by atoms with Crippen LogP contribution in [0.15, 0.2) is 150 Å². The number of hydrogen-bond donors (Lipinski definition) is 0. The number of rotatable bonds is 3. The first kappa shape index (κ1) is 27.1. The van der Waals surface area contributed by atoms with Crippen LogP contribution >= 0.6 is 0 Å². The number of benzene rings is 7. The molecule has 0 saturated carbocycles. The summed E-state index contributed by atoms with van der Waals surface area (Å²) >= 11 is 0. The normalized spacial score (nSPS) is 11.6. The van der Waals surface area contributed by atoms with Gasteiger partial charge >= 0.3 is 0 Å². The fraction of sp³-hybridized carbons (Fsp3) is 0. The zero-order chi connectivity index (χ0) is 32.6. The molecule has 3 heterocycles. The van der Waals surface area contributed by atoms with Crippen molar-refractivity contribution in [2.24, 2.45) is 0 Å². The summed E-state index contributed by atoms with van der Waals surface area (Å²) in [5, 5.41) is 17.0. The minimum Gasteiger partial charge on any atom is -0.456 e. The zero-order valence-corrected chi connectivity index (χ0v) is 26.1. The summed E-state index contributed by atoms with van der Waals surface area (Å²) in [5.41, 5.74) is 10.4. The lowest BCUT2D eigenvalue weighted by atomic mass is 10.0. The second-order valence-corrected chi connectivity index (χ2v) is 12.4. The van der Waals surface area contributed by atoms with E-state index in [0.29, 0.717) is 11.3 Å². The molecule has 10 aromatic rings. The molecule has 7 aromatic carbocycles. The van der Waals surface area contributed by atoms with Crippen LogP contribution in [-0.4, -0.2) is 9.13 Å². The van der Waals surface area contributed by atoms with E-state index in [2.05, 4.69) is 111 Å². The van der Waals surface area contributed by atoms with Gasteiger partial charge in [-0.2, -0.15) is 5.26 Å². The largest absolute Gasteiger partial charge is 0.456 e. The highest BCUT2D eigenvalue weighted by atomic mass is 16.3. The van der Waals surface area contributed by atoms with E-state index in [1.54, 1.807) is 0 Å². The van der Waals surface area contributed by atoms with E-state index in [4.69, 9.17) is 11.0 Å². The molecular weight excluding hydrogens is 601 g/mol. The van der Waals surface area contributed by atoms with Crippen molar-refractivity contribution in [3.05, 3.63) is 163 Å². The lowest BCUT2D eigenvalue weighted by Crippen LogP contribution is -1.97. The van der Waals surface area contributed by atoms with Crippen molar-refractivity contribution in [2.75, 3.05) is 0 Å². The Kier molecular flexibility index (Phi) is 5.64. The lowest BCUT2D eigenvalue weighted by Gasteiger charge is -2.15. The summed E-state index contributed by atoms with van der Waals surface area (Å²) in [4.78, 5) is 3.95. The number of para-hydroxylation sites is 4. The number of aromatic nitrogens is 2. The molecule has 0 aliphatic rings. The minimum atomic E-state index is 0.551. The number of nitrogens with zero attached hydrogens (tertiary/aromatic N) is 4. The predicted molar refractivity (Wildman–Crippen MR) is 199 cm³/mol. The maximum Gasteiger partial charge on any atom is 0.210 e. The molecule has 0 radical (unpaired) electrons. The number of nitriles is 1. The topological polar surface area (TPSA) is 51.1 Å². The van der Waals surface area contributed by atoms with E-state index in [-0.39, 0.29) is 0 Å². The molecule has 0 saturated heterocycles. The summed E-state index contributed by atoms with van der Waals surface area (Å²) < 4.78 is 10.8. The van der Waals surface area contributed by atoms with Crippen LogP contribution in [0.3, 0.4) is 0 Å². The first-order valence-electron chi connectivity index (χ1n) is 16.1. The van der Waals surface area contributed by atoms with Crippen molar-refractivity contribution in [3.8, 4) is 28.6 Å². The highest BCUT2D eigenvalue weighted by Gasteiger charge is 2.20. The Morgan fingerprint density at radius 2 is 1.18 bits per heavy atom. The molecule has 0 unspecified atom stereocenters. The summed E-state index contributed by atoms with van der Waals surface area (Å²) in [6.07, 6.45) is 0. The number of fused-ring (bicyclic) bond motifs is 10. The Hall–Kier alpha value is -7.08. The summed E-state index contributed by atoms with van der Waals surface area (Å²) in [6.45, 7) is 8.09. The third kappa shape index (κ3) is 3.85. The fourth-order valence-electron chi connectivity index (χ4n) is 7.66. The molecule has 0 N–H and O–H groups in total. The van der Waals surface area contributed by atoms with Crippen LogP contribution in [0.25, 0.3) is 92.9 Å². The standard InChI is InChI=1S/C44H24N4O/c1-46-36-20-18-28(25-40(36)48-38-15-7-2-10-31(38)32-11-3-8-16-39(32)48)29-22-27(26-45)23-30(24-29)47-37-14-6-4-12-33(37)34-19-21-42-43(44(34)47)35-13-5-9-17-41(35)49-42/h2-25H. The highest BCUT2D eigenvalue weighted by Crippen LogP contribution is 2.42. The Morgan fingerprint density at radius 1 is 0.551 bits per heavy atom. The molecule has 0 bridgehead atoms. The molecular formula is C44H24N4O. The summed E-state index contributed by atoms with van der Waals surface area (Å²) in [5.74, 6) is 0. The molecule has 10 rings (SSSR count). The summed E-state index contributed by atoms with van der Waals surface area (Å²) in [7, 11) is 0. The van der Waals surface area contributed by atoms with Gasteiger partial charge in [-0.3, -0.25) is 0 Å². The van der Waals surface area contributed by atoms with Crippen molar-refractivity contribution in [3.63, 3.8) is 0 Å². The van der Waals surface area contributed by atoms with Gasteiger partial charge in [0.25, 0.3) is 0 Å². The second-order valence-electron chi connectivity index (χ2n) is 12.4. The maximum absolute atomic E-state index is 10.3. The van der Waals surface area contributed by atoms with Crippen LogP contribution in [0.1, 0.15) is 5.56 Å². The smallest absolute Gasteiger partial charge is 0.210 e. The van der Waals surface area contributed by atoms with Gasteiger partial charge in [0.15, 0.2) is 0 Å². The van der Waals surface area contributed by atoms with E-state index in [1.807, 2.05) is 54.6 Å². The molecule has 0 amide bonds. The predicted octanol–water partition coefficient (Wildman–Crippen LogP) is 11.9. The van der Waals surface area contributed by atoms with Crippen LogP contribution < -0.4 is 0 Å². The van der Waals surface area contributed by atoms with Gasteiger partial charge in [0, 0.05) is 32.6 Å². The van der Waals surface area contributed by atoms with Crippen LogP contribution in [0.4, 0.5) is 5.69 Å². The van der Waals surface area contributed by atoms with E-state index in [9.17, 15) is 5.26 Å². The van der Waals surface area contributed by atoms with Crippen molar-refractivity contribution in [1.82, 2.24) is 9.13 Å². The molecule has 226 valence electrons. The first-order chi connectivity index (χ1) is 24.2. The Bertz CT molecular complexity index is 3030. The van der Waals surface area contributed by atoms with Gasteiger partial charge in [-0.15, -0.1) is 0 Å². The van der Waals surface area contributed by atoms with E-state index in [1.165, 1.54) is 0 Å². The number of hydrogen-bond acceptors (Lipinski definition) is 2. The third-order valence-corrected chi connectivity index (χ3v) is 9.73. The van der Waals surface area contributed by atoms with Crippen LogP contribution in [0, 0.1) is 17.9 Å². The Morgan fingerprint density at radius 3 is 1.88 bits per heavy atom. The average Bonchev–Trinajstić information content (AvgIpc) is 3.82. The monoisotopic (exact) mass is 624 g/mol. The molecule has 5 heteroatoms. The van der Waals surface area contributed by atoms with Gasteiger partial charge < -0.3 is 13.6 Å². The summed E-state index contributed by atoms with van der Waals surface area (Å²) in [6, 6.07) is 51.8. The van der Waals surface area contributed by atoms with E-state index < -0.39 is 0 Å². The van der Waals surface area contributed by atoms with Gasteiger partial charge in [0.05, 0.1) is 51.3 Å². The van der Waals surface area contributed by atoms with Gasteiger partial charge in [-0.05, 0) is 71.8 Å². The molecule has 0 atom stereocenters. The van der Waals surface area contributed by atoms with Gasteiger partial charge in [-0.25, -0.2) is 4.85 Å². The first-order valence-corrected chi connectivity index (χ1v) is 16.1. The fourth-order valence-corrected chi connectivity index (χ4v) is 7.66. The molecule has 0 aliphatic carbocycles. The van der Waals surface area contributed by atoms with Gasteiger partial charge in [0.2, 0.25) is 5.69 Å². The van der Waals surface area contributed by atoms with Crippen molar-refractivity contribution in [2.45, 2.75) is 0 Å². The third-order valence-electron chi connectivity index (χ3n) is 9.73. The van der Waals surface area contributed by atoms with Gasteiger partial charge in [-0.1, -0.05) is 84.9 Å². The van der Waals surface area contributed by atoms with Crippen LogP contribution in [0.5, 0.6) is 0 Å². The molecule has 5 nitrogen and oxygen atoms in total. The lowest BCUT2D eigenvalue weighted by molar-refractivity contribution is 0.669. The maximum atomic E-state index is 10.3.